The summed E-state index contributed by atoms with van der Waals surface area (Å²) in [5, 5.41) is 71.6. The van der Waals surface area contributed by atoms with E-state index in [0.717, 1.165) is 24.3 Å². The van der Waals surface area contributed by atoms with Crippen LogP contribution < -0.4 is 0 Å². The van der Waals surface area contributed by atoms with E-state index >= 15 is 0 Å². The highest BCUT2D eigenvalue weighted by Gasteiger charge is 2.15. The van der Waals surface area contributed by atoms with Crippen molar-refractivity contribution >= 4 is 0 Å². The minimum absolute atomic E-state index is 0.0448. The number of phenolic OH excluding ortho intramolecular Hbond substituents is 6. The van der Waals surface area contributed by atoms with Gasteiger partial charge in [-0.15, -0.1) is 20.4 Å². The summed E-state index contributed by atoms with van der Waals surface area (Å²) in [7, 11) is 0. The first-order chi connectivity index (χ1) is 11.4. The fourth-order valence-electron chi connectivity index (χ4n) is 1.93. The van der Waals surface area contributed by atoms with Gasteiger partial charge in [0.05, 0.1) is 0 Å². The predicted octanol–water partition coefficient (Wildman–Crippen LogP) is 0.834. The average molecular weight is 330 g/mol. The molecular formula is C14H10N4O6. The van der Waals surface area contributed by atoms with Crippen molar-refractivity contribution in [3.63, 3.8) is 0 Å². The molecule has 0 saturated carbocycles. The summed E-state index contributed by atoms with van der Waals surface area (Å²) in [5.74, 6) is -3.69. The third kappa shape index (κ3) is 2.52. The molecule has 24 heavy (non-hydrogen) atoms. The second-order valence-corrected chi connectivity index (χ2v) is 4.77. The lowest BCUT2D eigenvalue weighted by molar-refractivity contribution is 0.368. The van der Waals surface area contributed by atoms with E-state index in [4.69, 9.17) is 0 Å². The van der Waals surface area contributed by atoms with Crippen LogP contribution in [0.5, 0.6) is 34.5 Å². The normalized spacial score (nSPS) is 10.7. The van der Waals surface area contributed by atoms with Crippen molar-refractivity contribution in [2.45, 2.75) is 0 Å². The molecule has 0 aliphatic carbocycles. The number of benzene rings is 2. The van der Waals surface area contributed by atoms with E-state index in [1.807, 2.05) is 0 Å². The highest BCUT2D eigenvalue weighted by molar-refractivity contribution is 5.67. The van der Waals surface area contributed by atoms with Crippen LogP contribution in [-0.2, 0) is 0 Å². The molecule has 0 saturated heterocycles. The maximum atomic E-state index is 9.48. The van der Waals surface area contributed by atoms with Gasteiger partial charge in [0.15, 0.2) is 34.5 Å². The second-order valence-electron chi connectivity index (χ2n) is 4.77. The van der Waals surface area contributed by atoms with Crippen LogP contribution >= 0.6 is 0 Å². The molecule has 10 nitrogen and oxygen atoms in total. The zero-order valence-electron chi connectivity index (χ0n) is 11.8. The minimum atomic E-state index is -0.675. The summed E-state index contributed by atoms with van der Waals surface area (Å²) in [6.07, 6.45) is 0. The maximum absolute atomic E-state index is 9.48. The van der Waals surface area contributed by atoms with Gasteiger partial charge in [-0.1, -0.05) is 0 Å². The van der Waals surface area contributed by atoms with Gasteiger partial charge >= 0.3 is 0 Å². The molecule has 0 atom stereocenters. The Hall–Kier alpha value is -3.82. The standard InChI is InChI=1S/C14H10N4O6/c19-7-1-5(2-8(20)11(7)23)13-15-17-14(18-16-13)6-3-9(21)12(24)10(22)4-6/h1-4,19-24H. The summed E-state index contributed by atoms with van der Waals surface area (Å²) in [6.45, 7) is 0. The Morgan fingerprint density at radius 1 is 0.458 bits per heavy atom. The SMILES string of the molecule is Oc1cc(-c2nnc(-c3cc(O)c(O)c(O)c3)nn2)cc(O)c1O. The largest absolute Gasteiger partial charge is 0.504 e. The minimum Gasteiger partial charge on any atom is -0.504 e. The van der Waals surface area contributed by atoms with Crippen molar-refractivity contribution in [2.24, 2.45) is 0 Å². The van der Waals surface area contributed by atoms with Crippen molar-refractivity contribution < 1.29 is 30.6 Å². The fraction of sp³-hybridized carbons (Fsp3) is 0. The Kier molecular flexibility index (Phi) is 3.41. The molecule has 2 aromatic carbocycles. The van der Waals surface area contributed by atoms with Crippen LogP contribution in [0.4, 0.5) is 0 Å². The second kappa shape index (κ2) is 5.43. The first-order valence-corrected chi connectivity index (χ1v) is 6.45. The summed E-state index contributed by atoms with van der Waals surface area (Å²) in [4.78, 5) is 0. The summed E-state index contributed by atoms with van der Waals surface area (Å²) in [6, 6.07) is 4.47. The van der Waals surface area contributed by atoms with Crippen molar-refractivity contribution in [2.75, 3.05) is 0 Å². The van der Waals surface area contributed by atoms with E-state index in [2.05, 4.69) is 20.4 Å². The molecule has 1 heterocycles. The lowest BCUT2D eigenvalue weighted by Crippen LogP contribution is -1.99. The number of phenols is 6. The molecule has 0 aliphatic heterocycles. The van der Waals surface area contributed by atoms with E-state index in [-0.39, 0.29) is 22.8 Å². The Bertz CT molecular complexity index is 807. The molecule has 0 spiro atoms. The zero-order valence-corrected chi connectivity index (χ0v) is 11.8. The van der Waals surface area contributed by atoms with Crippen LogP contribution in [0.3, 0.4) is 0 Å². The maximum Gasteiger partial charge on any atom is 0.203 e. The quantitative estimate of drug-likeness (QED) is 0.369. The van der Waals surface area contributed by atoms with Gasteiger partial charge in [0.2, 0.25) is 11.6 Å². The Labute approximate surface area is 133 Å². The average Bonchev–Trinajstić information content (AvgIpc) is 2.57. The van der Waals surface area contributed by atoms with E-state index in [1.165, 1.54) is 0 Å². The fourth-order valence-corrected chi connectivity index (χ4v) is 1.93. The number of rotatable bonds is 2. The number of nitrogens with zero attached hydrogens (tertiary/aromatic N) is 4. The van der Waals surface area contributed by atoms with Crippen LogP contribution in [0, 0.1) is 0 Å². The van der Waals surface area contributed by atoms with Crippen LogP contribution in [0.2, 0.25) is 0 Å². The van der Waals surface area contributed by atoms with Gasteiger partial charge in [-0.05, 0) is 24.3 Å². The summed E-state index contributed by atoms with van der Waals surface area (Å²) in [5.41, 5.74) is 0.316. The molecular weight excluding hydrogens is 320 g/mol. The Morgan fingerprint density at radius 3 is 0.958 bits per heavy atom. The highest BCUT2D eigenvalue weighted by Crippen LogP contribution is 2.39. The smallest absolute Gasteiger partial charge is 0.203 e. The molecule has 1 aromatic heterocycles. The van der Waals surface area contributed by atoms with Crippen molar-refractivity contribution in [3.05, 3.63) is 24.3 Å². The van der Waals surface area contributed by atoms with Gasteiger partial charge < -0.3 is 30.6 Å². The van der Waals surface area contributed by atoms with Gasteiger partial charge in [0.1, 0.15) is 0 Å². The van der Waals surface area contributed by atoms with Gasteiger partial charge in [-0.25, -0.2) is 0 Å². The topological polar surface area (TPSA) is 173 Å². The number of aromatic nitrogens is 4. The number of aromatic hydroxyl groups is 6. The Balaban J connectivity index is 2.00. The van der Waals surface area contributed by atoms with Crippen molar-refractivity contribution in [3.8, 4) is 57.3 Å². The lowest BCUT2D eigenvalue weighted by Gasteiger charge is -2.06. The molecule has 0 aliphatic rings. The molecule has 3 aromatic rings. The molecule has 0 radical (unpaired) electrons. The molecule has 3 rings (SSSR count). The third-order valence-electron chi connectivity index (χ3n) is 3.13. The monoisotopic (exact) mass is 330 g/mol. The van der Waals surface area contributed by atoms with E-state index in [0.29, 0.717) is 0 Å². The highest BCUT2D eigenvalue weighted by atomic mass is 16.3. The first-order valence-electron chi connectivity index (χ1n) is 6.45. The molecule has 0 amide bonds. The van der Waals surface area contributed by atoms with Crippen molar-refractivity contribution in [1.82, 2.24) is 20.4 Å². The summed E-state index contributed by atoms with van der Waals surface area (Å²) >= 11 is 0. The predicted molar refractivity (Wildman–Crippen MR) is 78.5 cm³/mol. The van der Waals surface area contributed by atoms with Crippen LogP contribution in [0.15, 0.2) is 24.3 Å². The lowest BCUT2D eigenvalue weighted by atomic mass is 10.1. The van der Waals surface area contributed by atoms with Crippen LogP contribution in [0.25, 0.3) is 22.8 Å². The number of hydrogen-bond acceptors (Lipinski definition) is 10. The van der Waals surface area contributed by atoms with Gasteiger partial charge in [-0.3, -0.25) is 0 Å². The van der Waals surface area contributed by atoms with Crippen LogP contribution in [-0.4, -0.2) is 51.0 Å². The molecule has 6 N–H and O–H groups in total. The molecule has 10 heteroatoms. The molecule has 122 valence electrons. The first kappa shape index (κ1) is 15.1. The van der Waals surface area contributed by atoms with Gasteiger partial charge in [0.25, 0.3) is 0 Å². The molecule has 0 unspecified atom stereocenters. The van der Waals surface area contributed by atoms with Crippen LogP contribution in [0.1, 0.15) is 0 Å². The van der Waals surface area contributed by atoms with Crippen molar-refractivity contribution in [1.29, 1.82) is 0 Å². The van der Waals surface area contributed by atoms with E-state index in [1.54, 1.807) is 0 Å². The Morgan fingerprint density at radius 2 is 0.708 bits per heavy atom. The van der Waals surface area contributed by atoms with E-state index < -0.39 is 34.5 Å². The van der Waals surface area contributed by atoms with Gasteiger partial charge in [-0.2, -0.15) is 0 Å². The summed E-state index contributed by atoms with van der Waals surface area (Å²) < 4.78 is 0. The molecule has 0 bridgehead atoms. The van der Waals surface area contributed by atoms with Gasteiger partial charge in [0, 0.05) is 11.1 Å². The zero-order chi connectivity index (χ0) is 17.4. The van der Waals surface area contributed by atoms with E-state index in [9.17, 15) is 30.6 Å². The number of hydrogen-bond donors (Lipinski definition) is 6. The third-order valence-corrected chi connectivity index (χ3v) is 3.13. The molecule has 0 fully saturated rings.